The maximum absolute atomic E-state index is 8.89. The van der Waals surface area contributed by atoms with Gasteiger partial charge in [-0.2, -0.15) is 12.6 Å². The van der Waals surface area contributed by atoms with Crippen molar-refractivity contribution in [2.75, 3.05) is 0 Å². The molecule has 1 fully saturated rings. The van der Waals surface area contributed by atoms with Crippen molar-refractivity contribution < 1.29 is 9.90 Å². The fourth-order valence-electron chi connectivity index (χ4n) is 1.62. The van der Waals surface area contributed by atoms with E-state index in [4.69, 9.17) is 9.90 Å². The summed E-state index contributed by atoms with van der Waals surface area (Å²) in [6.45, 7) is 3.19. The van der Waals surface area contributed by atoms with Gasteiger partial charge in [0.25, 0.3) is 0 Å². The van der Waals surface area contributed by atoms with Gasteiger partial charge in [-0.05, 0) is 25.7 Å². The number of carboxylic acids is 1. The van der Waals surface area contributed by atoms with Crippen LogP contribution in [0.25, 0.3) is 0 Å². The quantitative estimate of drug-likeness (QED) is 0.658. The molecule has 0 amide bonds. The van der Waals surface area contributed by atoms with E-state index in [2.05, 4.69) is 19.6 Å². The molecule has 0 aliphatic heterocycles. The first-order chi connectivity index (χ1) is 6.04. The molecule has 1 rings (SSSR count). The van der Waals surface area contributed by atoms with E-state index in [1.165, 1.54) is 32.1 Å². The molecule has 0 aromatic rings. The van der Waals surface area contributed by atoms with E-state index in [-0.39, 0.29) is 0 Å². The zero-order valence-corrected chi connectivity index (χ0v) is 9.35. The molecule has 0 aromatic heterocycles. The molecule has 3 heteroatoms. The smallest absolute Gasteiger partial charge is 0.0383 e. The summed E-state index contributed by atoms with van der Waals surface area (Å²) in [4.78, 5) is 8.89. The lowest BCUT2D eigenvalue weighted by atomic mass is 9.87. The van der Waals surface area contributed by atoms with Gasteiger partial charge in [-0.25, -0.2) is 0 Å². The summed E-state index contributed by atoms with van der Waals surface area (Å²) in [6.07, 6.45) is 7.18. The number of carbonyl (C=O) groups is 1. The Labute approximate surface area is 86.1 Å². The summed E-state index contributed by atoms with van der Waals surface area (Å²) >= 11 is 4.44. The summed E-state index contributed by atoms with van der Waals surface area (Å²) in [7, 11) is 0. The molecule has 0 radical (unpaired) electrons. The van der Waals surface area contributed by atoms with Crippen molar-refractivity contribution in [2.45, 2.75) is 51.2 Å². The first-order valence-electron chi connectivity index (χ1n) is 4.89. The summed E-state index contributed by atoms with van der Waals surface area (Å²) in [6, 6.07) is 0. The lowest BCUT2D eigenvalue weighted by Crippen LogP contribution is -2.16. The van der Waals surface area contributed by atoms with Crippen LogP contribution < -0.4 is 5.11 Å². The van der Waals surface area contributed by atoms with E-state index in [1.807, 2.05) is 0 Å². The molecule has 0 aromatic carbocycles. The van der Waals surface area contributed by atoms with Crippen LogP contribution in [-0.2, 0) is 4.79 Å². The van der Waals surface area contributed by atoms with Crippen LogP contribution in [0.1, 0.15) is 46.0 Å². The van der Waals surface area contributed by atoms with Crippen molar-refractivity contribution >= 4 is 18.6 Å². The maximum atomic E-state index is 8.89. The molecule has 0 N–H and O–H groups in total. The molecule has 13 heavy (non-hydrogen) atoms. The van der Waals surface area contributed by atoms with Gasteiger partial charge >= 0.3 is 0 Å². The molecule has 1 saturated carbocycles. The first-order valence-corrected chi connectivity index (χ1v) is 5.41. The van der Waals surface area contributed by atoms with E-state index < -0.39 is 5.97 Å². The van der Waals surface area contributed by atoms with Crippen LogP contribution >= 0.6 is 12.6 Å². The standard InChI is InChI=1S/C8H16S.C2H4O2/c1-7(9)8-5-3-2-4-6-8;1-2(3)4/h7-9H,2-6H2,1H3;1H3,(H,3,4)/p-1. The van der Waals surface area contributed by atoms with Crippen molar-refractivity contribution in [3.8, 4) is 0 Å². The molecular weight excluding hydrogens is 184 g/mol. The van der Waals surface area contributed by atoms with Crippen molar-refractivity contribution in [3.05, 3.63) is 0 Å². The lowest BCUT2D eigenvalue weighted by Gasteiger charge is -2.23. The van der Waals surface area contributed by atoms with Crippen molar-refractivity contribution in [2.24, 2.45) is 5.92 Å². The lowest BCUT2D eigenvalue weighted by molar-refractivity contribution is -0.302. The number of carboxylic acid groups (broad SMARTS) is 1. The Morgan fingerprint density at radius 1 is 1.38 bits per heavy atom. The van der Waals surface area contributed by atoms with Gasteiger partial charge in [-0.1, -0.05) is 26.2 Å². The minimum atomic E-state index is -1.08. The van der Waals surface area contributed by atoms with Crippen LogP contribution in [0.3, 0.4) is 0 Å². The highest BCUT2D eigenvalue weighted by atomic mass is 32.1. The Balaban J connectivity index is 0.000000310. The molecule has 0 heterocycles. The van der Waals surface area contributed by atoms with Gasteiger partial charge in [0.15, 0.2) is 0 Å². The fraction of sp³-hybridized carbons (Fsp3) is 0.900. The molecule has 2 nitrogen and oxygen atoms in total. The number of hydrogen-bond donors (Lipinski definition) is 1. The third-order valence-corrected chi connectivity index (χ3v) is 2.75. The SMILES string of the molecule is CC(=O)[O-].CC(S)C1CCCCC1. The molecular formula is C10H19O2S-. The topological polar surface area (TPSA) is 40.1 Å². The Kier molecular flexibility index (Phi) is 7.14. The Morgan fingerprint density at radius 3 is 2.00 bits per heavy atom. The van der Waals surface area contributed by atoms with E-state index in [1.54, 1.807) is 0 Å². The summed E-state index contributed by atoms with van der Waals surface area (Å²) in [5.41, 5.74) is 0. The third-order valence-electron chi connectivity index (χ3n) is 2.33. The van der Waals surface area contributed by atoms with Crippen molar-refractivity contribution in [1.82, 2.24) is 0 Å². The van der Waals surface area contributed by atoms with E-state index in [9.17, 15) is 0 Å². The molecule has 0 saturated heterocycles. The summed E-state index contributed by atoms with van der Waals surface area (Å²) in [5, 5.41) is 9.52. The summed E-state index contributed by atoms with van der Waals surface area (Å²) in [5.74, 6) is -0.165. The molecule has 0 spiro atoms. The predicted molar refractivity (Wildman–Crippen MR) is 55.7 cm³/mol. The second-order valence-electron chi connectivity index (χ2n) is 3.63. The number of rotatable bonds is 1. The van der Waals surface area contributed by atoms with Crippen LogP contribution in [0.5, 0.6) is 0 Å². The zero-order valence-electron chi connectivity index (χ0n) is 8.45. The average molecular weight is 203 g/mol. The molecule has 78 valence electrons. The van der Waals surface area contributed by atoms with Gasteiger partial charge in [0.1, 0.15) is 0 Å². The third kappa shape index (κ3) is 8.16. The van der Waals surface area contributed by atoms with Gasteiger partial charge < -0.3 is 9.90 Å². The van der Waals surface area contributed by atoms with Gasteiger partial charge in [0.2, 0.25) is 0 Å². The molecule has 1 unspecified atom stereocenters. The largest absolute Gasteiger partial charge is 0.550 e. The molecule has 0 bridgehead atoms. The maximum Gasteiger partial charge on any atom is 0.0383 e. The van der Waals surface area contributed by atoms with Gasteiger partial charge in [0, 0.05) is 11.2 Å². The van der Waals surface area contributed by atoms with Crippen LogP contribution in [-0.4, -0.2) is 11.2 Å². The van der Waals surface area contributed by atoms with Crippen LogP contribution in [0.15, 0.2) is 0 Å². The van der Waals surface area contributed by atoms with Gasteiger partial charge in [0.05, 0.1) is 0 Å². The Morgan fingerprint density at radius 2 is 1.77 bits per heavy atom. The van der Waals surface area contributed by atoms with Crippen LogP contribution in [0.4, 0.5) is 0 Å². The Hall–Kier alpha value is -0.180. The second-order valence-corrected chi connectivity index (χ2v) is 4.44. The van der Waals surface area contributed by atoms with E-state index in [0.29, 0.717) is 5.25 Å². The van der Waals surface area contributed by atoms with Gasteiger partial charge in [-0.3, -0.25) is 0 Å². The number of thiol groups is 1. The normalized spacial score (nSPS) is 19.9. The number of hydrogen-bond acceptors (Lipinski definition) is 3. The highest BCUT2D eigenvalue weighted by Gasteiger charge is 2.16. The van der Waals surface area contributed by atoms with Gasteiger partial charge in [-0.15, -0.1) is 0 Å². The minimum absolute atomic E-state index is 0.630. The Bertz CT molecular complexity index is 136. The highest BCUT2D eigenvalue weighted by Crippen LogP contribution is 2.28. The zero-order chi connectivity index (χ0) is 10.3. The molecule has 1 atom stereocenters. The number of carbonyl (C=O) groups excluding carboxylic acids is 1. The second kappa shape index (κ2) is 7.25. The predicted octanol–water partition coefficient (Wildman–Crippen LogP) is 1.64. The van der Waals surface area contributed by atoms with Crippen LogP contribution in [0.2, 0.25) is 0 Å². The minimum Gasteiger partial charge on any atom is -0.550 e. The van der Waals surface area contributed by atoms with E-state index in [0.717, 1.165) is 12.8 Å². The van der Waals surface area contributed by atoms with Crippen molar-refractivity contribution in [1.29, 1.82) is 0 Å². The average Bonchev–Trinajstić information content (AvgIpc) is 2.05. The fourth-order valence-corrected chi connectivity index (χ4v) is 1.91. The highest BCUT2D eigenvalue weighted by molar-refractivity contribution is 7.80. The first kappa shape index (κ1) is 12.8. The molecule has 1 aliphatic rings. The molecule has 1 aliphatic carbocycles. The van der Waals surface area contributed by atoms with Crippen molar-refractivity contribution in [3.63, 3.8) is 0 Å². The monoisotopic (exact) mass is 203 g/mol. The number of aliphatic carboxylic acids is 1. The summed E-state index contributed by atoms with van der Waals surface area (Å²) < 4.78 is 0. The van der Waals surface area contributed by atoms with E-state index >= 15 is 0 Å². The van der Waals surface area contributed by atoms with Crippen LogP contribution in [0, 0.1) is 5.92 Å².